The summed E-state index contributed by atoms with van der Waals surface area (Å²) in [6.07, 6.45) is -0.0356. The van der Waals surface area contributed by atoms with Crippen LogP contribution in [0.1, 0.15) is 18.0 Å². The molecule has 0 saturated carbocycles. The highest BCUT2D eigenvalue weighted by molar-refractivity contribution is 6.07. The molecule has 6 heteroatoms. The Kier molecular flexibility index (Phi) is 3.38. The molecule has 1 aliphatic heterocycles. The minimum Gasteiger partial charge on any atom is -0.342 e. The van der Waals surface area contributed by atoms with Crippen molar-refractivity contribution in [3.63, 3.8) is 0 Å². The van der Waals surface area contributed by atoms with Gasteiger partial charge in [-0.25, -0.2) is 0 Å². The van der Waals surface area contributed by atoms with Crippen LogP contribution in [-0.2, 0) is 14.4 Å². The molecule has 1 fully saturated rings. The molecule has 0 bridgehead atoms. The van der Waals surface area contributed by atoms with Crippen molar-refractivity contribution in [2.45, 2.75) is 18.5 Å². The van der Waals surface area contributed by atoms with E-state index in [0.29, 0.717) is 5.56 Å². The maximum absolute atomic E-state index is 11.8. The van der Waals surface area contributed by atoms with Gasteiger partial charge in [0.1, 0.15) is 12.1 Å². The number of imide groups is 1. The molecular formula is C12H13N3O3. The lowest BCUT2D eigenvalue weighted by Gasteiger charge is -2.14. The van der Waals surface area contributed by atoms with Crippen molar-refractivity contribution < 1.29 is 14.4 Å². The molecule has 2 unspecified atom stereocenters. The van der Waals surface area contributed by atoms with Gasteiger partial charge in [0, 0.05) is 0 Å². The molecule has 3 amide bonds. The van der Waals surface area contributed by atoms with E-state index in [9.17, 15) is 14.4 Å². The van der Waals surface area contributed by atoms with Gasteiger partial charge >= 0.3 is 0 Å². The SMILES string of the molecule is NC(C(=O)NC1CC(=O)NC1=O)c1ccccc1. The lowest BCUT2D eigenvalue weighted by Crippen LogP contribution is -2.44. The average molecular weight is 247 g/mol. The Bertz CT molecular complexity index is 487. The van der Waals surface area contributed by atoms with Crippen LogP contribution >= 0.6 is 0 Å². The Morgan fingerprint density at radius 1 is 1.33 bits per heavy atom. The van der Waals surface area contributed by atoms with Gasteiger partial charge < -0.3 is 11.1 Å². The minimum absolute atomic E-state index is 0.0356. The zero-order valence-corrected chi connectivity index (χ0v) is 9.55. The topological polar surface area (TPSA) is 101 Å². The zero-order chi connectivity index (χ0) is 13.1. The van der Waals surface area contributed by atoms with E-state index < -0.39 is 29.8 Å². The average Bonchev–Trinajstić information content (AvgIpc) is 2.68. The Morgan fingerprint density at radius 3 is 2.56 bits per heavy atom. The molecule has 6 nitrogen and oxygen atoms in total. The fourth-order valence-corrected chi connectivity index (χ4v) is 1.74. The predicted octanol–water partition coefficient (Wildman–Crippen LogP) is -0.782. The normalized spacial score (nSPS) is 20.4. The van der Waals surface area contributed by atoms with E-state index in [0.717, 1.165) is 0 Å². The largest absolute Gasteiger partial charge is 0.342 e. The van der Waals surface area contributed by atoms with E-state index in [1.165, 1.54) is 0 Å². The lowest BCUT2D eigenvalue weighted by molar-refractivity contribution is -0.129. The van der Waals surface area contributed by atoms with Gasteiger partial charge in [0.15, 0.2) is 0 Å². The Morgan fingerprint density at radius 2 is 2.00 bits per heavy atom. The van der Waals surface area contributed by atoms with Crippen LogP contribution in [0.15, 0.2) is 30.3 Å². The fourth-order valence-electron chi connectivity index (χ4n) is 1.74. The summed E-state index contributed by atoms with van der Waals surface area (Å²) in [7, 11) is 0. The van der Waals surface area contributed by atoms with Crippen molar-refractivity contribution >= 4 is 17.7 Å². The Labute approximate surface area is 104 Å². The van der Waals surface area contributed by atoms with Crippen LogP contribution in [0.3, 0.4) is 0 Å². The number of hydrogen-bond acceptors (Lipinski definition) is 4. The highest BCUT2D eigenvalue weighted by atomic mass is 16.2. The van der Waals surface area contributed by atoms with Crippen molar-refractivity contribution in [2.24, 2.45) is 5.73 Å². The quantitative estimate of drug-likeness (QED) is 0.610. The summed E-state index contributed by atoms with van der Waals surface area (Å²) in [5, 5.41) is 4.58. The van der Waals surface area contributed by atoms with E-state index in [2.05, 4.69) is 10.6 Å². The highest BCUT2D eigenvalue weighted by Gasteiger charge is 2.32. The second-order valence-electron chi connectivity index (χ2n) is 4.07. The van der Waals surface area contributed by atoms with Crippen molar-refractivity contribution in [3.05, 3.63) is 35.9 Å². The molecule has 1 aromatic rings. The Hall–Kier alpha value is -2.21. The first kappa shape index (κ1) is 12.3. The second-order valence-corrected chi connectivity index (χ2v) is 4.07. The number of amides is 3. The predicted molar refractivity (Wildman–Crippen MR) is 63.1 cm³/mol. The number of nitrogens with one attached hydrogen (secondary N) is 2. The monoisotopic (exact) mass is 247 g/mol. The van der Waals surface area contributed by atoms with Crippen LogP contribution in [-0.4, -0.2) is 23.8 Å². The van der Waals surface area contributed by atoms with Crippen molar-refractivity contribution in [1.82, 2.24) is 10.6 Å². The summed E-state index contributed by atoms with van der Waals surface area (Å²) in [6.45, 7) is 0. The Balaban J connectivity index is 2.00. The molecule has 0 aromatic heterocycles. The molecule has 1 aromatic carbocycles. The van der Waals surface area contributed by atoms with E-state index in [-0.39, 0.29) is 6.42 Å². The summed E-state index contributed by atoms with van der Waals surface area (Å²) in [5.41, 5.74) is 6.42. The van der Waals surface area contributed by atoms with Crippen molar-refractivity contribution in [1.29, 1.82) is 0 Å². The molecule has 1 heterocycles. The molecule has 0 radical (unpaired) electrons. The molecule has 0 aliphatic carbocycles. The number of carbonyl (C=O) groups is 3. The van der Waals surface area contributed by atoms with E-state index in [1.807, 2.05) is 6.07 Å². The van der Waals surface area contributed by atoms with Crippen LogP contribution in [0.5, 0.6) is 0 Å². The third-order valence-corrected chi connectivity index (χ3v) is 2.73. The van der Waals surface area contributed by atoms with E-state index >= 15 is 0 Å². The lowest BCUT2D eigenvalue weighted by atomic mass is 10.1. The number of hydrogen-bond donors (Lipinski definition) is 3. The van der Waals surface area contributed by atoms with Gasteiger partial charge in [-0.1, -0.05) is 30.3 Å². The van der Waals surface area contributed by atoms with Crippen LogP contribution in [0, 0.1) is 0 Å². The van der Waals surface area contributed by atoms with E-state index in [4.69, 9.17) is 5.73 Å². The smallest absolute Gasteiger partial charge is 0.249 e. The number of rotatable bonds is 3. The maximum atomic E-state index is 11.8. The van der Waals surface area contributed by atoms with Gasteiger partial charge in [-0.2, -0.15) is 0 Å². The molecule has 2 atom stereocenters. The van der Waals surface area contributed by atoms with Crippen molar-refractivity contribution in [3.8, 4) is 0 Å². The molecule has 0 spiro atoms. The molecule has 18 heavy (non-hydrogen) atoms. The van der Waals surface area contributed by atoms with Crippen LogP contribution in [0.2, 0.25) is 0 Å². The summed E-state index contributed by atoms with van der Waals surface area (Å²) < 4.78 is 0. The minimum atomic E-state index is -0.852. The zero-order valence-electron chi connectivity index (χ0n) is 9.55. The molecule has 1 saturated heterocycles. The maximum Gasteiger partial charge on any atom is 0.249 e. The standard InChI is InChI=1S/C12H13N3O3/c13-10(7-4-2-1-3-5-7)12(18)14-8-6-9(16)15-11(8)17/h1-5,8,10H,6,13H2,(H,14,18)(H,15,16,17). The highest BCUT2D eigenvalue weighted by Crippen LogP contribution is 2.10. The van der Waals surface area contributed by atoms with Gasteiger partial charge in [-0.3, -0.25) is 19.7 Å². The molecule has 94 valence electrons. The first-order chi connectivity index (χ1) is 8.58. The summed E-state index contributed by atoms with van der Waals surface area (Å²) in [6, 6.07) is 7.14. The number of nitrogens with two attached hydrogens (primary N) is 1. The summed E-state index contributed by atoms with van der Waals surface area (Å²) in [5.74, 6) is -1.36. The fraction of sp³-hybridized carbons (Fsp3) is 0.250. The van der Waals surface area contributed by atoms with Gasteiger partial charge in [-0.15, -0.1) is 0 Å². The molecular weight excluding hydrogens is 234 g/mol. The first-order valence-corrected chi connectivity index (χ1v) is 5.52. The number of carbonyl (C=O) groups excluding carboxylic acids is 3. The summed E-state index contributed by atoms with van der Waals surface area (Å²) in [4.78, 5) is 34.1. The van der Waals surface area contributed by atoms with Gasteiger partial charge in [0.05, 0.1) is 6.42 Å². The van der Waals surface area contributed by atoms with Crippen LogP contribution in [0.4, 0.5) is 0 Å². The van der Waals surface area contributed by atoms with Gasteiger partial charge in [0.25, 0.3) is 0 Å². The number of benzene rings is 1. The van der Waals surface area contributed by atoms with Crippen LogP contribution < -0.4 is 16.4 Å². The third kappa shape index (κ3) is 2.54. The molecule has 2 rings (SSSR count). The third-order valence-electron chi connectivity index (χ3n) is 2.73. The van der Waals surface area contributed by atoms with Gasteiger partial charge in [-0.05, 0) is 5.56 Å². The first-order valence-electron chi connectivity index (χ1n) is 5.52. The molecule has 1 aliphatic rings. The second kappa shape index (κ2) is 4.97. The van der Waals surface area contributed by atoms with Crippen LogP contribution in [0.25, 0.3) is 0 Å². The molecule has 4 N–H and O–H groups in total. The van der Waals surface area contributed by atoms with E-state index in [1.54, 1.807) is 24.3 Å². The van der Waals surface area contributed by atoms with Crippen molar-refractivity contribution in [2.75, 3.05) is 0 Å². The summed E-state index contributed by atoms with van der Waals surface area (Å²) >= 11 is 0. The van der Waals surface area contributed by atoms with Gasteiger partial charge in [0.2, 0.25) is 17.7 Å².